The van der Waals surface area contributed by atoms with Crippen LogP contribution < -0.4 is 5.32 Å². The van der Waals surface area contributed by atoms with Crippen molar-refractivity contribution in [3.05, 3.63) is 88.0 Å². The molecule has 7 heteroatoms. The van der Waals surface area contributed by atoms with Gasteiger partial charge in [0.25, 0.3) is 5.91 Å². The van der Waals surface area contributed by atoms with Gasteiger partial charge in [0.15, 0.2) is 0 Å². The summed E-state index contributed by atoms with van der Waals surface area (Å²) < 4.78 is 41.1. The first-order valence-corrected chi connectivity index (χ1v) is 9.74. The Bertz CT molecular complexity index is 1040. The lowest BCUT2D eigenvalue weighted by Gasteiger charge is -2.14. The third kappa shape index (κ3) is 4.56. The number of amides is 1. The number of benzene rings is 1. The van der Waals surface area contributed by atoms with Gasteiger partial charge in [-0.25, -0.2) is 0 Å². The molecule has 1 amide bonds. The van der Waals surface area contributed by atoms with Crippen LogP contribution in [0, 0.1) is 13.8 Å². The van der Waals surface area contributed by atoms with Crippen LogP contribution in [0.4, 0.5) is 13.2 Å². The molecule has 0 unspecified atom stereocenters. The molecule has 2 heterocycles. The second-order valence-corrected chi connectivity index (χ2v) is 7.22. The van der Waals surface area contributed by atoms with Crippen molar-refractivity contribution in [3.63, 3.8) is 0 Å². The van der Waals surface area contributed by atoms with Gasteiger partial charge in [-0.1, -0.05) is 25.1 Å². The highest BCUT2D eigenvalue weighted by Crippen LogP contribution is 2.30. The summed E-state index contributed by atoms with van der Waals surface area (Å²) in [5, 5.41) is 2.90. The standard InChI is InChI=1S/C23H24F3N3O/c1-4-20-15(2)21(22(30)28-13-18-8-6-10-27-12-18)29(16(20)3)14-17-7-5-9-19(11-17)23(24,25)26/h5-12H,4,13-14H2,1-3H3,(H,28,30). The number of nitrogens with zero attached hydrogens (tertiary/aromatic N) is 2. The minimum Gasteiger partial charge on any atom is -0.347 e. The number of hydrogen-bond acceptors (Lipinski definition) is 2. The average molecular weight is 415 g/mol. The number of carbonyl (C=O) groups is 1. The Morgan fingerprint density at radius 3 is 2.50 bits per heavy atom. The van der Waals surface area contributed by atoms with Gasteiger partial charge in [-0.15, -0.1) is 0 Å². The highest BCUT2D eigenvalue weighted by molar-refractivity contribution is 5.95. The summed E-state index contributed by atoms with van der Waals surface area (Å²) in [5.41, 5.74) is 3.92. The van der Waals surface area contributed by atoms with Crippen molar-refractivity contribution in [1.29, 1.82) is 0 Å². The first-order chi connectivity index (χ1) is 14.2. The Morgan fingerprint density at radius 1 is 1.13 bits per heavy atom. The molecule has 0 spiro atoms. The number of nitrogens with one attached hydrogen (secondary N) is 1. The van der Waals surface area contributed by atoms with E-state index in [0.29, 0.717) is 17.8 Å². The van der Waals surface area contributed by atoms with E-state index >= 15 is 0 Å². The summed E-state index contributed by atoms with van der Waals surface area (Å²) in [5.74, 6) is -0.258. The minimum absolute atomic E-state index is 0.187. The Morgan fingerprint density at radius 2 is 1.87 bits per heavy atom. The maximum atomic E-state index is 13.1. The van der Waals surface area contributed by atoms with Gasteiger partial charge >= 0.3 is 6.18 Å². The molecule has 0 aliphatic rings. The van der Waals surface area contributed by atoms with Gasteiger partial charge in [0.05, 0.1) is 5.56 Å². The smallest absolute Gasteiger partial charge is 0.347 e. The van der Waals surface area contributed by atoms with Gasteiger partial charge in [0.1, 0.15) is 5.69 Å². The molecule has 4 nitrogen and oxygen atoms in total. The summed E-state index contributed by atoms with van der Waals surface area (Å²) in [6.45, 7) is 6.29. The zero-order valence-electron chi connectivity index (χ0n) is 17.2. The molecular weight excluding hydrogens is 391 g/mol. The molecule has 1 N–H and O–H groups in total. The van der Waals surface area contributed by atoms with Crippen LogP contribution in [-0.2, 0) is 25.7 Å². The minimum atomic E-state index is -4.41. The molecule has 3 rings (SSSR count). The lowest BCUT2D eigenvalue weighted by Crippen LogP contribution is -2.26. The predicted octanol–water partition coefficient (Wildman–Crippen LogP) is 5.06. The van der Waals surface area contributed by atoms with Crippen LogP contribution in [0.25, 0.3) is 0 Å². The van der Waals surface area contributed by atoms with Gasteiger partial charge in [-0.3, -0.25) is 9.78 Å². The van der Waals surface area contributed by atoms with E-state index in [-0.39, 0.29) is 12.5 Å². The van der Waals surface area contributed by atoms with Crippen molar-refractivity contribution in [1.82, 2.24) is 14.9 Å². The molecule has 0 fully saturated rings. The number of alkyl halides is 3. The van der Waals surface area contributed by atoms with Crippen LogP contribution in [0.2, 0.25) is 0 Å². The van der Waals surface area contributed by atoms with Crippen molar-refractivity contribution in [3.8, 4) is 0 Å². The zero-order valence-corrected chi connectivity index (χ0v) is 17.2. The summed E-state index contributed by atoms with van der Waals surface area (Å²) in [7, 11) is 0. The molecule has 0 radical (unpaired) electrons. The van der Waals surface area contributed by atoms with Crippen LogP contribution in [0.1, 0.15) is 50.9 Å². The van der Waals surface area contributed by atoms with Gasteiger partial charge in [-0.05, 0) is 60.7 Å². The van der Waals surface area contributed by atoms with Crippen LogP contribution in [0.15, 0.2) is 48.8 Å². The highest BCUT2D eigenvalue weighted by atomic mass is 19.4. The van der Waals surface area contributed by atoms with Crippen molar-refractivity contribution in [2.24, 2.45) is 0 Å². The molecule has 30 heavy (non-hydrogen) atoms. The largest absolute Gasteiger partial charge is 0.416 e. The van der Waals surface area contributed by atoms with Crippen LogP contribution in [-0.4, -0.2) is 15.5 Å². The molecule has 0 saturated heterocycles. The number of hydrogen-bond donors (Lipinski definition) is 1. The lowest BCUT2D eigenvalue weighted by molar-refractivity contribution is -0.137. The molecule has 1 aromatic carbocycles. The number of aromatic nitrogens is 2. The third-order valence-electron chi connectivity index (χ3n) is 5.26. The van der Waals surface area contributed by atoms with Gasteiger partial charge < -0.3 is 9.88 Å². The first-order valence-electron chi connectivity index (χ1n) is 9.74. The van der Waals surface area contributed by atoms with Crippen LogP contribution >= 0.6 is 0 Å². The lowest BCUT2D eigenvalue weighted by atomic mass is 10.1. The predicted molar refractivity (Wildman–Crippen MR) is 109 cm³/mol. The van der Waals surface area contributed by atoms with Crippen LogP contribution in [0.3, 0.4) is 0 Å². The topological polar surface area (TPSA) is 46.9 Å². The van der Waals surface area contributed by atoms with E-state index in [1.165, 1.54) is 6.07 Å². The molecular formula is C23H24F3N3O. The molecule has 2 aromatic heterocycles. The fourth-order valence-corrected chi connectivity index (χ4v) is 3.76. The molecule has 0 aliphatic heterocycles. The Labute approximate surface area is 173 Å². The Hall–Kier alpha value is -3.09. The molecule has 158 valence electrons. The SMILES string of the molecule is CCc1c(C)c(C(=O)NCc2cccnc2)n(Cc2cccc(C(F)(F)F)c2)c1C. The Kier molecular flexibility index (Phi) is 6.29. The number of halogens is 3. The van der Waals surface area contributed by atoms with Gasteiger partial charge in [0, 0.05) is 31.2 Å². The maximum Gasteiger partial charge on any atom is 0.416 e. The maximum absolute atomic E-state index is 13.1. The molecule has 0 atom stereocenters. The second kappa shape index (κ2) is 8.73. The number of carbonyl (C=O) groups excluding carboxylic acids is 1. The normalized spacial score (nSPS) is 11.5. The van der Waals surface area contributed by atoms with Gasteiger partial charge in [-0.2, -0.15) is 13.2 Å². The second-order valence-electron chi connectivity index (χ2n) is 7.22. The van der Waals surface area contributed by atoms with E-state index in [4.69, 9.17) is 0 Å². The van der Waals surface area contributed by atoms with E-state index in [1.807, 2.05) is 31.4 Å². The fraction of sp³-hybridized carbons (Fsp3) is 0.304. The monoisotopic (exact) mass is 415 g/mol. The fourth-order valence-electron chi connectivity index (χ4n) is 3.76. The molecule has 0 aliphatic carbocycles. The summed E-state index contributed by atoms with van der Waals surface area (Å²) in [4.78, 5) is 17.1. The summed E-state index contributed by atoms with van der Waals surface area (Å²) in [6.07, 6.45) is -0.337. The number of pyridine rings is 1. The van der Waals surface area contributed by atoms with E-state index in [1.54, 1.807) is 24.5 Å². The van der Waals surface area contributed by atoms with Crippen molar-refractivity contribution in [2.75, 3.05) is 0 Å². The quantitative estimate of drug-likeness (QED) is 0.612. The van der Waals surface area contributed by atoms with E-state index < -0.39 is 11.7 Å². The molecule has 0 bridgehead atoms. The zero-order chi connectivity index (χ0) is 21.9. The van der Waals surface area contributed by atoms with Crippen LogP contribution in [0.5, 0.6) is 0 Å². The van der Waals surface area contributed by atoms with Crippen molar-refractivity contribution < 1.29 is 18.0 Å². The average Bonchev–Trinajstić information content (AvgIpc) is 2.95. The van der Waals surface area contributed by atoms with Gasteiger partial charge in [0.2, 0.25) is 0 Å². The van der Waals surface area contributed by atoms with Crippen molar-refractivity contribution in [2.45, 2.75) is 46.5 Å². The summed E-state index contributed by atoms with van der Waals surface area (Å²) >= 11 is 0. The highest BCUT2D eigenvalue weighted by Gasteiger charge is 2.30. The van der Waals surface area contributed by atoms with Crippen molar-refractivity contribution >= 4 is 5.91 Å². The summed E-state index contributed by atoms with van der Waals surface area (Å²) in [6, 6.07) is 8.89. The first kappa shape index (κ1) is 21.6. The Balaban J connectivity index is 1.93. The molecule has 0 saturated carbocycles. The van der Waals surface area contributed by atoms with E-state index in [0.717, 1.165) is 40.9 Å². The van der Waals surface area contributed by atoms with E-state index in [2.05, 4.69) is 10.3 Å². The number of rotatable bonds is 6. The molecule has 3 aromatic rings. The van der Waals surface area contributed by atoms with E-state index in [9.17, 15) is 18.0 Å². The third-order valence-corrected chi connectivity index (χ3v) is 5.26.